The lowest BCUT2D eigenvalue weighted by atomic mass is 9.90. The van der Waals surface area contributed by atoms with Crippen LogP contribution in [0.3, 0.4) is 0 Å². The van der Waals surface area contributed by atoms with Crippen LogP contribution in [0.5, 0.6) is 0 Å². The Morgan fingerprint density at radius 2 is 2.25 bits per heavy atom. The van der Waals surface area contributed by atoms with Gasteiger partial charge in [-0.3, -0.25) is 5.43 Å². The van der Waals surface area contributed by atoms with Crippen molar-refractivity contribution in [1.82, 2.24) is 10.4 Å². The zero-order valence-corrected chi connectivity index (χ0v) is 9.74. The summed E-state index contributed by atoms with van der Waals surface area (Å²) in [5.74, 6) is 0.848. The lowest BCUT2D eigenvalue weighted by Crippen LogP contribution is -2.55. The van der Waals surface area contributed by atoms with Crippen molar-refractivity contribution in [2.75, 3.05) is 0 Å². The van der Waals surface area contributed by atoms with Crippen LogP contribution in [0.15, 0.2) is 11.3 Å². The number of rotatable bonds is 0. The molecule has 0 radical (unpaired) electrons. The smallest absolute Gasteiger partial charge is 0.336 e. The Labute approximate surface area is 94.3 Å². The monoisotopic (exact) mass is 223 g/mol. The predicted molar refractivity (Wildman–Crippen MR) is 57.6 cm³/mol. The van der Waals surface area contributed by atoms with E-state index >= 15 is 0 Å². The van der Waals surface area contributed by atoms with Gasteiger partial charge >= 0.3 is 6.03 Å². The van der Waals surface area contributed by atoms with E-state index in [1.807, 2.05) is 6.92 Å². The minimum absolute atomic E-state index is 0.248. The predicted octanol–water partition coefficient (Wildman–Crippen LogP) is 0.524. The van der Waals surface area contributed by atoms with Gasteiger partial charge in [-0.2, -0.15) is 0 Å². The van der Waals surface area contributed by atoms with Crippen LogP contribution in [0, 0.1) is 17.3 Å². The number of urea groups is 1. The molecule has 0 aromatic carbocycles. The van der Waals surface area contributed by atoms with Gasteiger partial charge in [0.2, 0.25) is 0 Å². The first kappa shape index (κ1) is 9.96. The number of hydrogen-bond acceptors (Lipinski definition) is 3. The number of carbonyl (C=O) groups excluding carboxylic acids is 1. The largest absolute Gasteiger partial charge is 0.365 e. The highest BCUT2D eigenvalue weighted by atomic mass is 16.3. The van der Waals surface area contributed by atoms with Gasteiger partial charge in [0, 0.05) is 17.7 Å². The molecule has 2 aliphatic carbocycles. The van der Waals surface area contributed by atoms with Gasteiger partial charge in [0.05, 0.1) is 0 Å². The molecule has 88 valence electrons. The summed E-state index contributed by atoms with van der Waals surface area (Å²) in [5.41, 5.74) is 9.05. The third-order valence-corrected chi connectivity index (χ3v) is 4.57. The molecule has 5 heteroatoms. The fraction of sp³-hybridized carbons (Fsp3) is 0.727. The Balaban J connectivity index is 2.03. The third kappa shape index (κ3) is 0.844. The van der Waals surface area contributed by atoms with E-state index in [1.54, 1.807) is 0 Å². The van der Waals surface area contributed by atoms with Gasteiger partial charge in [-0.1, -0.05) is 13.8 Å². The lowest BCUT2D eigenvalue weighted by Gasteiger charge is -2.33. The molecule has 4 N–H and O–H groups in total. The molecule has 0 aromatic heterocycles. The first-order valence-electron chi connectivity index (χ1n) is 5.60. The molecule has 2 saturated carbocycles. The second-order valence-corrected chi connectivity index (χ2v) is 5.75. The van der Waals surface area contributed by atoms with Crippen molar-refractivity contribution in [3.05, 3.63) is 11.3 Å². The molecule has 1 aliphatic heterocycles. The van der Waals surface area contributed by atoms with E-state index in [0.29, 0.717) is 18.3 Å². The van der Waals surface area contributed by atoms with Crippen LogP contribution < -0.4 is 11.2 Å². The van der Waals surface area contributed by atoms with E-state index in [4.69, 9.17) is 5.73 Å². The molecule has 0 spiro atoms. The standard InChI is InChI=1S/C11H17N3O2/c1-5-7-8-6(10(8,2)3)4-11(7,16)14(13-5)9(12)15/h6,8,13,16H,4H2,1-3H3,(H2,12,15). The molecule has 1 heterocycles. The van der Waals surface area contributed by atoms with Crippen LogP contribution in [0.4, 0.5) is 4.79 Å². The van der Waals surface area contributed by atoms with Gasteiger partial charge in [0.1, 0.15) is 0 Å². The normalized spacial score (nSPS) is 42.9. The van der Waals surface area contributed by atoms with Crippen molar-refractivity contribution in [3.8, 4) is 0 Å². The highest BCUT2D eigenvalue weighted by Gasteiger charge is 2.73. The number of allylic oxidation sites excluding steroid dienone is 1. The summed E-state index contributed by atoms with van der Waals surface area (Å²) < 4.78 is 0. The van der Waals surface area contributed by atoms with Crippen LogP contribution >= 0.6 is 0 Å². The Morgan fingerprint density at radius 1 is 1.62 bits per heavy atom. The maximum absolute atomic E-state index is 11.3. The fourth-order valence-corrected chi connectivity index (χ4v) is 3.67. The second-order valence-electron chi connectivity index (χ2n) is 5.75. The molecule has 5 nitrogen and oxygen atoms in total. The Morgan fingerprint density at radius 3 is 2.81 bits per heavy atom. The molecule has 3 unspecified atom stereocenters. The minimum atomic E-state index is -1.18. The van der Waals surface area contributed by atoms with Crippen molar-refractivity contribution < 1.29 is 9.90 Å². The minimum Gasteiger partial charge on any atom is -0.365 e. The van der Waals surface area contributed by atoms with Crippen molar-refractivity contribution in [3.63, 3.8) is 0 Å². The Kier molecular flexibility index (Phi) is 1.48. The van der Waals surface area contributed by atoms with Crippen molar-refractivity contribution >= 4 is 6.03 Å². The molecule has 16 heavy (non-hydrogen) atoms. The molecule has 2 fully saturated rings. The molecule has 3 rings (SSSR count). The van der Waals surface area contributed by atoms with E-state index in [2.05, 4.69) is 19.3 Å². The fourth-order valence-electron chi connectivity index (χ4n) is 3.67. The molecular weight excluding hydrogens is 206 g/mol. The zero-order valence-electron chi connectivity index (χ0n) is 9.74. The number of fused-ring (bicyclic) bond motifs is 3. The summed E-state index contributed by atoms with van der Waals surface area (Å²) in [7, 11) is 0. The van der Waals surface area contributed by atoms with Crippen LogP contribution in [0.25, 0.3) is 0 Å². The van der Waals surface area contributed by atoms with Crippen LogP contribution in [0.2, 0.25) is 0 Å². The summed E-state index contributed by atoms with van der Waals surface area (Å²) in [5, 5.41) is 11.7. The number of nitrogens with one attached hydrogen (secondary N) is 1. The average molecular weight is 223 g/mol. The Hall–Kier alpha value is -1.23. The molecule has 0 aromatic rings. The summed E-state index contributed by atoms with van der Waals surface area (Å²) in [6.45, 7) is 6.30. The quantitative estimate of drug-likeness (QED) is 0.560. The highest BCUT2D eigenvalue weighted by molar-refractivity contribution is 5.74. The molecule has 2 amide bonds. The van der Waals surface area contributed by atoms with Gasteiger partial charge < -0.3 is 10.8 Å². The van der Waals surface area contributed by atoms with E-state index in [1.165, 1.54) is 5.01 Å². The number of aliphatic hydroxyl groups is 1. The van der Waals surface area contributed by atoms with Crippen LogP contribution in [-0.2, 0) is 0 Å². The lowest BCUT2D eigenvalue weighted by molar-refractivity contribution is -0.0582. The topological polar surface area (TPSA) is 78.6 Å². The number of carbonyl (C=O) groups is 1. The maximum Gasteiger partial charge on any atom is 0.336 e. The van der Waals surface area contributed by atoms with Gasteiger partial charge in [-0.25, -0.2) is 9.80 Å². The van der Waals surface area contributed by atoms with Crippen molar-refractivity contribution in [2.24, 2.45) is 23.0 Å². The number of hydrogen-bond donors (Lipinski definition) is 3. The SMILES string of the molecule is CC1=C2C3C(CC2(O)N(C(N)=O)N1)C3(C)C. The van der Waals surface area contributed by atoms with Crippen LogP contribution in [-0.4, -0.2) is 21.9 Å². The summed E-state index contributed by atoms with van der Waals surface area (Å²) >= 11 is 0. The van der Waals surface area contributed by atoms with Crippen LogP contribution in [0.1, 0.15) is 27.2 Å². The van der Waals surface area contributed by atoms with Crippen molar-refractivity contribution in [2.45, 2.75) is 32.9 Å². The van der Waals surface area contributed by atoms with Crippen molar-refractivity contribution in [1.29, 1.82) is 0 Å². The third-order valence-electron chi connectivity index (χ3n) is 4.57. The Bertz CT molecular complexity index is 429. The van der Waals surface area contributed by atoms with E-state index in [9.17, 15) is 9.90 Å². The zero-order chi connectivity index (χ0) is 11.9. The van der Waals surface area contributed by atoms with E-state index < -0.39 is 11.8 Å². The maximum atomic E-state index is 11.3. The first-order valence-corrected chi connectivity index (χ1v) is 5.60. The molecule has 3 aliphatic rings. The highest BCUT2D eigenvalue weighted by Crippen LogP contribution is 2.73. The molecule has 0 saturated heterocycles. The first-order chi connectivity index (χ1) is 7.30. The summed E-state index contributed by atoms with van der Waals surface area (Å²) in [4.78, 5) is 11.3. The summed E-state index contributed by atoms with van der Waals surface area (Å²) in [6.07, 6.45) is 0.591. The van der Waals surface area contributed by atoms with Gasteiger partial charge in [0.15, 0.2) is 5.72 Å². The average Bonchev–Trinajstić information content (AvgIpc) is 2.51. The molecule has 0 bridgehead atoms. The molecular formula is C11H17N3O2. The van der Waals surface area contributed by atoms with Gasteiger partial charge in [-0.05, 0) is 24.2 Å². The number of primary amides is 1. The number of nitrogens with two attached hydrogens (primary N) is 1. The van der Waals surface area contributed by atoms with Gasteiger partial charge in [0.25, 0.3) is 0 Å². The number of hydrazine groups is 1. The molecule has 3 atom stereocenters. The summed E-state index contributed by atoms with van der Waals surface area (Å²) in [6, 6.07) is -0.629. The van der Waals surface area contributed by atoms with Gasteiger partial charge in [-0.15, -0.1) is 0 Å². The number of nitrogens with zero attached hydrogens (tertiary/aromatic N) is 1. The second kappa shape index (κ2) is 2.37. The number of amides is 2. The van der Waals surface area contributed by atoms with E-state index in [-0.39, 0.29) is 5.41 Å². The van der Waals surface area contributed by atoms with E-state index in [0.717, 1.165) is 11.3 Å².